The van der Waals surface area contributed by atoms with Crippen LogP contribution in [-0.2, 0) is 11.4 Å². The number of rotatable bonds is 7. The number of hydrogen-bond donors (Lipinski definition) is 3. The van der Waals surface area contributed by atoms with E-state index in [9.17, 15) is 4.79 Å². The molecule has 5 heteroatoms. The summed E-state index contributed by atoms with van der Waals surface area (Å²) in [5.74, 6) is 0.184. The second kappa shape index (κ2) is 6.37. The van der Waals surface area contributed by atoms with Gasteiger partial charge in [0.05, 0.1) is 18.8 Å². The highest BCUT2D eigenvalue weighted by atomic mass is 16.5. The van der Waals surface area contributed by atoms with Crippen LogP contribution < -0.4 is 16.2 Å². The van der Waals surface area contributed by atoms with Gasteiger partial charge in [-0.05, 0) is 37.5 Å². The Balaban J connectivity index is 2.36. The standard InChI is InChI=1S/C13H20N2O3/c1-13(15,12(14)17)6-3-7-18-11-5-2-4-10(8-11)9-16/h2,4-5,8,16H,3,6-7,9,15H2,1H3,(H2,14,17). The van der Waals surface area contributed by atoms with Crippen LogP contribution in [0.5, 0.6) is 5.75 Å². The van der Waals surface area contributed by atoms with Crippen molar-refractivity contribution in [2.24, 2.45) is 11.5 Å². The van der Waals surface area contributed by atoms with Gasteiger partial charge in [-0.3, -0.25) is 4.79 Å². The molecule has 0 aromatic heterocycles. The maximum Gasteiger partial charge on any atom is 0.237 e. The first-order valence-electron chi connectivity index (χ1n) is 5.87. The second-order valence-corrected chi connectivity index (χ2v) is 4.54. The highest BCUT2D eigenvalue weighted by Gasteiger charge is 2.24. The molecule has 18 heavy (non-hydrogen) atoms. The van der Waals surface area contributed by atoms with Crippen LogP contribution in [0.4, 0.5) is 0 Å². The molecule has 0 fully saturated rings. The van der Waals surface area contributed by atoms with Crippen LogP contribution >= 0.6 is 0 Å². The molecule has 1 unspecified atom stereocenters. The van der Waals surface area contributed by atoms with Crippen LogP contribution in [0.1, 0.15) is 25.3 Å². The molecule has 0 radical (unpaired) electrons. The molecule has 0 aliphatic carbocycles. The first-order valence-corrected chi connectivity index (χ1v) is 5.87. The van der Waals surface area contributed by atoms with Gasteiger partial charge < -0.3 is 21.3 Å². The van der Waals surface area contributed by atoms with Crippen LogP contribution in [0, 0.1) is 0 Å². The van der Waals surface area contributed by atoms with E-state index in [1.165, 1.54) is 0 Å². The number of carbonyl (C=O) groups excluding carboxylic acids is 1. The molecular formula is C13H20N2O3. The van der Waals surface area contributed by atoms with Crippen LogP contribution in [0.25, 0.3) is 0 Å². The third-order valence-corrected chi connectivity index (χ3v) is 2.75. The number of hydrogen-bond acceptors (Lipinski definition) is 4. The van der Waals surface area contributed by atoms with Gasteiger partial charge >= 0.3 is 0 Å². The fourth-order valence-corrected chi connectivity index (χ4v) is 1.49. The smallest absolute Gasteiger partial charge is 0.237 e. The largest absolute Gasteiger partial charge is 0.494 e. The van der Waals surface area contributed by atoms with Crippen molar-refractivity contribution in [3.05, 3.63) is 29.8 Å². The predicted molar refractivity (Wildman–Crippen MR) is 68.9 cm³/mol. The van der Waals surface area contributed by atoms with Gasteiger partial charge in [0, 0.05) is 0 Å². The van der Waals surface area contributed by atoms with Crippen molar-refractivity contribution in [2.75, 3.05) is 6.61 Å². The average molecular weight is 252 g/mol. The molecule has 1 aromatic rings. The fraction of sp³-hybridized carbons (Fsp3) is 0.462. The van der Waals surface area contributed by atoms with Gasteiger partial charge in [0.1, 0.15) is 5.75 Å². The first-order chi connectivity index (χ1) is 8.45. The monoisotopic (exact) mass is 252 g/mol. The summed E-state index contributed by atoms with van der Waals surface area (Å²) in [6, 6.07) is 7.22. The zero-order valence-electron chi connectivity index (χ0n) is 10.6. The minimum absolute atomic E-state index is 0.0141. The molecule has 5 nitrogen and oxygen atoms in total. The maximum atomic E-state index is 11.0. The summed E-state index contributed by atoms with van der Waals surface area (Å²) >= 11 is 0. The lowest BCUT2D eigenvalue weighted by Crippen LogP contribution is -2.49. The number of benzene rings is 1. The number of ether oxygens (including phenoxy) is 1. The van der Waals surface area contributed by atoms with Gasteiger partial charge in [0.2, 0.25) is 5.91 Å². The van der Waals surface area contributed by atoms with Crippen LogP contribution in [0.15, 0.2) is 24.3 Å². The van der Waals surface area contributed by atoms with E-state index in [2.05, 4.69) is 0 Å². The molecule has 0 saturated carbocycles. The van der Waals surface area contributed by atoms with E-state index in [1.54, 1.807) is 13.0 Å². The van der Waals surface area contributed by atoms with Gasteiger partial charge in [0.25, 0.3) is 0 Å². The van der Waals surface area contributed by atoms with Gasteiger partial charge in [0.15, 0.2) is 0 Å². The molecule has 1 atom stereocenters. The highest BCUT2D eigenvalue weighted by molar-refractivity contribution is 5.83. The Kier molecular flexibility index (Phi) is 5.12. The third kappa shape index (κ3) is 4.35. The number of primary amides is 1. The van der Waals surface area contributed by atoms with Gasteiger partial charge in [-0.1, -0.05) is 12.1 Å². The van der Waals surface area contributed by atoms with E-state index in [0.717, 1.165) is 5.56 Å². The SMILES string of the molecule is CC(N)(CCCOc1cccc(CO)c1)C(N)=O. The zero-order valence-corrected chi connectivity index (χ0v) is 10.6. The molecule has 0 saturated heterocycles. The molecular weight excluding hydrogens is 232 g/mol. The summed E-state index contributed by atoms with van der Waals surface area (Å²) in [5.41, 5.74) is 10.7. The first kappa shape index (κ1) is 14.5. The molecule has 100 valence electrons. The van der Waals surface area contributed by atoms with E-state index >= 15 is 0 Å². The van der Waals surface area contributed by atoms with E-state index in [-0.39, 0.29) is 6.61 Å². The fourth-order valence-electron chi connectivity index (χ4n) is 1.49. The maximum absolute atomic E-state index is 11.0. The van der Waals surface area contributed by atoms with Crippen molar-refractivity contribution in [1.82, 2.24) is 0 Å². The van der Waals surface area contributed by atoms with Gasteiger partial charge in [-0.15, -0.1) is 0 Å². The van der Waals surface area contributed by atoms with Crippen LogP contribution in [0.2, 0.25) is 0 Å². The molecule has 0 spiro atoms. The molecule has 0 aliphatic rings. The topological polar surface area (TPSA) is 98.6 Å². The highest BCUT2D eigenvalue weighted by Crippen LogP contribution is 2.14. The molecule has 0 bridgehead atoms. The number of aliphatic hydroxyl groups is 1. The summed E-state index contributed by atoms with van der Waals surface area (Å²) in [5, 5.41) is 8.98. The van der Waals surface area contributed by atoms with Crippen molar-refractivity contribution in [2.45, 2.75) is 31.9 Å². The normalized spacial score (nSPS) is 13.9. The zero-order chi connectivity index (χ0) is 13.6. The summed E-state index contributed by atoms with van der Waals surface area (Å²) in [7, 11) is 0. The van der Waals surface area contributed by atoms with Crippen LogP contribution in [-0.4, -0.2) is 23.2 Å². The second-order valence-electron chi connectivity index (χ2n) is 4.54. The summed E-state index contributed by atoms with van der Waals surface area (Å²) in [4.78, 5) is 11.0. The van der Waals surface area contributed by atoms with E-state index < -0.39 is 11.4 Å². The van der Waals surface area contributed by atoms with Gasteiger partial charge in [-0.2, -0.15) is 0 Å². The Morgan fingerprint density at radius 3 is 2.83 bits per heavy atom. The molecule has 1 rings (SSSR count). The molecule has 5 N–H and O–H groups in total. The van der Waals surface area contributed by atoms with Crippen molar-refractivity contribution < 1.29 is 14.6 Å². The number of amides is 1. The van der Waals surface area contributed by atoms with Gasteiger partial charge in [-0.25, -0.2) is 0 Å². The van der Waals surface area contributed by atoms with Crippen LogP contribution in [0.3, 0.4) is 0 Å². The lowest BCUT2D eigenvalue weighted by atomic mass is 9.97. The minimum Gasteiger partial charge on any atom is -0.494 e. The summed E-state index contributed by atoms with van der Waals surface area (Å²) in [6.45, 7) is 2.05. The van der Waals surface area contributed by atoms with Crippen molar-refractivity contribution in [3.63, 3.8) is 0 Å². The Bertz CT molecular complexity index is 405. The Morgan fingerprint density at radius 2 is 2.22 bits per heavy atom. The predicted octanol–water partition coefficient (Wildman–Crippen LogP) is 0.541. The Hall–Kier alpha value is -1.59. The third-order valence-electron chi connectivity index (χ3n) is 2.75. The molecule has 1 amide bonds. The lowest BCUT2D eigenvalue weighted by molar-refractivity contribution is -0.122. The average Bonchev–Trinajstić information content (AvgIpc) is 2.35. The minimum atomic E-state index is -0.990. The molecule has 0 heterocycles. The van der Waals surface area contributed by atoms with E-state index in [0.29, 0.717) is 25.2 Å². The summed E-state index contributed by atoms with van der Waals surface area (Å²) < 4.78 is 5.50. The number of carbonyl (C=O) groups is 1. The molecule has 0 aliphatic heterocycles. The number of aliphatic hydroxyl groups excluding tert-OH is 1. The van der Waals surface area contributed by atoms with E-state index in [4.69, 9.17) is 21.3 Å². The summed E-state index contributed by atoms with van der Waals surface area (Å²) in [6.07, 6.45) is 1.11. The van der Waals surface area contributed by atoms with E-state index in [1.807, 2.05) is 18.2 Å². The lowest BCUT2D eigenvalue weighted by Gasteiger charge is -2.20. The Labute approximate surface area is 107 Å². The van der Waals surface area contributed by atoms with Crippen molar-refractivity contribution in [3.8, 4) is 5.75 Å². The number of nitrogens with two attached hydrogens (primary N) is 2. The van der Waals surface area contributed by atoms with Crippen molar-refractivity contribution in [1.29, 1.82) is 0 Å². The Morgan fingerprint density at radius 1 is 1.50 bits per heavy atom. The quantitative estimate of drug-likeness (QED) is 0.617. The van der Waals surface area contributed by atoms with Crippen molar-refractivity contribution >= 4 is 5.91 Å². The molecule has 1 aromatic carbocycles.